The number of benzene rings is 2. The van der Waals surface area contributed by atoms with Gasteiger partial charge in [-0.05, 0) is 52.3 Å². The van der Waals surface area contributed by atoms with Crippen LogP contribution in [0.25, 0.3) is 0 Å². The predicted octanol–water partition coefficient (Wildman–Crippen LogP) is 4.59. The third-order valence-corrected chi connectivity index (χ3v) is 3.45. The summed E-state index contributed by atoms with van der Waals surface area (Å²) in [4.78, 5) is 0. The van der Waals surface area contributed by atoms with E-state index in [1.807, 2.05) is 30.3 Å². The Morgan fingerprint density at radius 2 is 1.78 bits per heavy atom. The molecule has 0 atom stereocenters. The third-order valence-electron chi connectivity index (χ3n) is 2.33. The zero-order valence-electron chi connectivity index (χ0n) is 9.61. The molecule has 3 nitrogen and oxygen atoms in total. The molecule has 0 bridgehead atoms. The number of nitrogens with two attached hydrogens (primary N) is 1. The summed E-state index contributed by atoms with van der Waals surface area (Å²) >= 11 is 6.81. The molecular formula is C13H11Br2NO2. The van der Waals surface area contributed by atoms with Crippen molar-refractivity contribution in [2.24, 2.45) is 0 Å². The summed E-state index contributed by atoms with van der Waals surface area (Å²) < 4.78 is 12.6. The molecule has 0 aromatic heterocycles. The summed E-state index contributed by atoms with van der Waals surface area (Å²) in [6, 6.07) is 11.0. The molecule has 0 fully saturated rings. The topological polar surface area (TPSA) is 44.5 Å². The molecule has 0 radical (unpaired) electrons. The summed E-state index contributed by atoms with van der Waals surface area (Å²) in [5, 5.41) is 0. The molecule has 5 heteroatoms. The predicted molar refractivity (Wildman–Crippen MR) is 79.3 cm³/mol. The number of ether oxygens (including phenoxy) is 2. The van der Waals surface area contributed by atoms with Gasteiger partial charge in [0.25, 0.3) is 0 Å². The van der Waals surface area contributed by atoms with Gasteiger partial charge in [0.2, 0.25) is 0 Å². The minimum atomic E-state index is 0.584. The highest BCUT2D eigenvalue weighted by Crippen LogP contribution is 2.35. The Balaban J connectivity index is 2.31. The van der Waals surface area contributed by atoms with Gasteiger partial charge in [-0.15, -0.1) is 0 Å². The second-order valence-electron chi connectivity index (χ2n) is 3.58. The summed E-state index contributed by atoms with van der Waals surface area (Å²) in [5.41, 5.74) is 6.44. The lowest BCUT2D eigenvalue weighted by Gasteiger charge is -2.11. The van der Waals surface area contributed by atoms with Crippen molar-refractivity contribution in [1.82, 2.24) is 0 Å². The van der Waals surface area contributed by atoms with E-state index in [1.54, 1.807) is 13.2 Å². The molecule has 2 N–H and O–H groups in total. The van der Waals surface area contributed by atoms with Crippen molar-refractivity contribution in [3.8, 4) is 17.2 Å². The van der Waals surface area contributed by atoms with Gasteiger partial charge in [0, 0.05) is 4.47 Å². The zero-order valence-corrected chi connectivity index (χ0v) is 12.8. The first kappa shape index (κ1) is 13.2. The van der Waals surface area contributed by atoms with E-state index in [9.17, 15) is 0 Å². The number of hydrogen-bond donors (Lipinski definition) is 1. The molecule has 0 saturated carbocycles. The maximum atomic E-state index is 5.86. The van der Waals surface area contributed by atoms with Crippen molar-refractivity contribution in [2.75, 3.05) is 12.8 Å². The van der Waals surface area contributed by atoms with Gasteiger partial charge in [-0.2, -0.15) is 0 Å². The second kappa shape index (κ2) is 5.63. The number of anilines is 1. The fraction of sp³-hybridized carbons (Fsp3) is 0.0769. The Morgan fingerprint density at radius 3 is 2.44 bits per heavy atom. The van der Waals surface area contributed by atoms with E-state index in [-0.39, 0.29) is 0 Å². The molecule has 18 heavy (non-hydrogen) atoms. The van der Waals surface area contributed by atoms with Crippen LogP contribution in [0.2, 0.25) is 0 Å². The number of halogens is 2. The molecular weight excluding hydrogens is 362 g/mol. The molecule has 0 aliphatic rings. The summed E-state index contributed by atoms with van der Waals surface area (Å²) in [6.45, 7) is 0. The van der Waals surface area contributed by atoms with E-state index in [4.69, 9.17) is 15.2 Å². The molecule has 0 aliphatic carbocycles. The zero-order chi connectivity index (χ0) is 13.1. The summed E-state index contributed by atoms with van der Waals surface area (Å²) in [7, 11) is 1.62. The van der Waals surface area contributed by atoms with Gasteiger partial charge in [-0.1, -0.05) is 15.9 Å². The number of methoxy groups -OCH3 is 1. The number of rotatable bonds is 3. The first-order chi connectivity index (χ1) is 8.60. The average Bonchev–Trinajstić information content (AvgIpc) is 2.36. The maximum absolute atomic E-state index is 5.86. The summed E-state index contributed by atoms with van der Waals surface area (Å²) in [6.07, 6.45) is 0. The SMILES string of the molecule is COc1ccc(Oc2cc(Br)ccc2N)c(Br)c1. The highest BCUT2D eigenvalue weighted by molar-refractivity contribution is 9.10. The monoisotopic (exact) mass is 371 g/mol. The van der Waals surface area contributed by atoms with Crippen LogP contribution < -0.4 is 15.2 Å². The van der Waals surface area contributed by atoms with Gasteiger partial charge < -0.3 is 15.2 Å². The van der Waals surface area contributed by atoms with Crippen LogP contribution in [0.1, 0.15) is 0 Å². The first-order valence-corrected chi connectivity index (χ1v) is 6.75. The van der Waals surface area contributed by atoms with Gasteiger partial charge in [0.05, 0.1) is 17.3 Å². The van der Waals surface area contributed by atoms with E-state index in [0.717, 1.165) is 14.7 Å². The molecule has 0 heterocycles. The molecule has 0 unspecified atom stereocenters. The van der Waals surface area contributed by atoms with E-state index in [2.05, 4.69) is 31.9 Å². The van der Waals surface area contributed by atoms with Gasteiger partial charge in [0.15, 0.2) is 5.75 Å². The number of hydrogen-bond acceptors (Lipinski definition) is 3. The third kappa shape index (κ3) is 2.97. The number of nitrogen functional groups attached to an aromatic ring is 1. The fourth-order valence-electron chi connectivity index (χ4n) is 1.41. The lowest BCUT2D eigenvalue weighted by atomic mass is 10.3. The Labute approximate surface area is 122 Å². The second-order valence-corrected chi connectivity index (χ2v) is 5.35. The highest BCUT2D eigenvalue weighted by Gasteiger charge is 2.07. The van der Waals surface area contributed by atoms with Crippen molar-refractivity contribution in [2.45, 2.75) is 0 Å². The molecule has 0 amide bonds. The average molecular weight is 373 g/mol. The molecule has 94 valence electrons. The minimum Gasteiger partial charge on any atom is -0.497 e. The van der Waals surface area contributed by atoms with Crippen LogP contribution in [0.4, 0.5) is 5.69 Å². The molecule has 2 rings (SSSR count). The van der Waals surface area contributed by atoms with Crippen molar-refractivity contribution in [1.29, 1.82) is 0 Å². The Hall–Kier alpha value is -1.20. The Bertz CT molecular complexity index is 573. The van der Waals surface area contributed by atoms with Crippen LogP contribution in [0, 0.1) is 0 Å². The van der Waals surface area contributed by atoms with Crippen molar-refractivity contribution in [3.63, 3.8) is 0 Å². The Kier molecular flexibility index (Phi) is 4.14. The quantitative estimate of drug-likeness (QED) is 0.801. The first-order valence-electron chi connectivity index (χ1n) is 5.16. The van der Waals surface area contributed by atoms with Crippen LogP contribution in [0.15, 0.2) is 45.3 Å². The smallest absolute Gasteiger partial charge is 0.151 e. The van der Waals surface area contributed by atoms with E-state index < -0.39 is 0 Å². The van der Waals surface area contributed by atoms with Crippen LogP contribution >= 0.6 is 31.9 Å². The largest absolute Gasteiger partial charge is 0.497 e. The minimum absolute atomic E-state index is 0.584. The van der Waals surface area contributed by atoms with Crippen LogP contribution in [-0.4, -0.2) is 7.11 Å². The van der Waals surface area contributed by atoms with Gasteiger partial charge in [0.1, 0.15) is 11.5 Å². The van der Waals surface area contributed by atoms with Crippen LogP contribution in [0.3, 0.4) is 0 Å². The van der Waals surface area contributed by atoms with Crippen LogP contribution in [-0.2, 0) is 0 Å². The molecule has 0 spiro atoms. The molecule has 2 aromatic rings. The lowest BCUT2D eigenvalue weighted by Crippen LogP contribution is -1.93. The lowest BCUT2D eigenvalue weighted by molar-refractivity contribution is 0.412. The molecule has 0 aliphatic heterocycles. The van der Waals surface area contributed by atoms with Crippen molar-refractivity contribution >= 4 is 37.5 Å². The van der Waals surface area contributed by atoms with Gasteiger partial charge in [-0.25, -0.2) is 0 Å². The fourth-order valence-corrected chi connectivity index (χ4v) is 2.19. The maximum Gasteiger partial charge on any atom is 0.151 e. The molecule has 2 aromatic carbocycles. The molecule has 0 saturated heterocycles. The van der Waals surface area contributed by atoms with E-state index in [1.165, 1.54) is 0 Å². The van der Waals surface area contributed by atoms with Gasteiger partial charge >= 0.3 is 0 Å². The standard InChI is InChI=1S/C13H11Br2NO2/c1-17-9-3-5-12(10(15)7-9)18-13-6-8(14)2-4-11(13)16/h2-7H,16H2,1H3. The normalized spacial score (nSPS) is 10.2. The van der Waals surface area contributed by atoms with Gasteiger partial charge in [-0.3, -0.25) is 0 Å². The highest BCUT2D eigenvalue weighted by atomic mass is 79.9. The van der Waals surface area contributed by atoms with E-state index in [0.29, 0.717) is 17.2 Å². The van der Waals surface area contributed by atoms with Crippen LogP contribution in [0.5, 0.6) is 17.2 Å². The summed E-state index contributed by atoms with van der Waals surface area (Å²) in [5.74, 6) is 2.05. The van der Waals surface area contributed by atoms with Crippen molar-refractivity contribution < 1.29 is 9.47 Å². The van der Waals surface area contributed by atoms with Crippen molar-refractivity contribution in [3.05, 3.63) is 45.3 Å². The van der Waals surface area contributed by atoms with E-state index >= 15 is 0 Å². The Morgan fingerprint density at radius 1 is 1.00 bits per heavy atom.